The quantitative estimate of drug-likeness (QED) is 0.825. The van der Waals surface area contributed by atoms with Crippen molar-refractivity contribution >= 4 is 0 Å². The van der Waals surface area contributed by atoms with Crippen LogP contribution in [-0.4, -0.2) is 31.4 Å². The van der Waals surface area contributed by atoms with Crippen LogP contribution < -0.4 is 10.1 Å². The van der Waals surface area contributed by atoms with Crippen molar-refractivity contribution in [2.45, 2.75) is 37.6 Å². The van der Waals surface area contributed by atoms with Gasteiger partial charge in [-0.05, 0) is 49.3 Å². The van der Waals surface area contributed by atoms with Gasteiger partial charge in [0.15, 0.2) is 0 Å². The number of aliphatic hydroxyl groups excluding tert-OH is 1. The van der Waals surface area contributed by atoms with Gasteiger partial charge in [-0.2, -0.15) is 0 Å². The molecule has 0 aromatic heterocycles. The van der Waals surface area contributed by atoms with Gasteiger partial charge in [-0.3, -0.25) is 0 Å². The smallest absolute Gasteiger partial charge is 0.119 e. The average Bonchev–Trinajstić information content (AvgIpc) is 3.18. The zero-order valence-corrected chi connectivity index (χ0v) is 11.6. The van der Waals surface area contributed by atoms with Gasteiger partial charge in [0.25, 0.3) is 0 Å². The molecule has 3 rings (SSSR count). The van der Waals surface area contributed by atoms with Crippen molar-refractivity contribution in [3.05, 3.63) is 29.8 Å². The maximum absolute atomic E-state index is 9.29. The number of aliphatic hydroxyl groups is 1. The third-order valence-electron chi connectivity index (χ3n) is 4.76. The second-order valence-electron chi connectivity index (χ2n) is 6.18. The van der Waals surface area contributed by atoms with Crippen LogP contribution in [0.25, 0.3) is 0 Å². The number of methoxy groups -OCH3 is 1. The first kappa shape index (κ1) is 12.9. The summed E-state index contributed by atoms with van der Waals surface area (Å²) in [6, 6.07) is 9.03. The molecule has 2 aliphatic rings. The van der Waals surface area contributed by atoms with Crippen LogP contribution in [0.1, 0.15) is 37.2 Å². The maximum atomic E-state index is 9.29. The summed E-state index contributed by atoms with van der Waals surface area (Å²) in [6.07, 6.45) is 4.77. The Morgan fingerprint density at radius 1 is 1.37 bits per heavy atom. The largest absolute Gasteiger partial charge is 0.497 e. The van der Waals surface area contributed by atoms with Gasteiger partial charge < -0.3 is 15.2 Å². The van der Waals surface area contributed by atoms with Crippen molar-refractivity contribution in [3.63, 3.8) is 0 Å². The molecule has 19 heavy (non-hydrogen) atoms. The molecule has 2 saturated carbocycles. The number of benzene rings is 1. The number of hydrogen-bond acceptors (Lipinski definition) is 3. The average molecular weight is 261 g/mol. The number of ether oxygens (including phenoxy) is 1. The summed E-state index contributed by atoms with van der Waals surface area (Å²) in [7, 11) is 1.72. The SMILES string of the molecule is COc1cccc(C2CC(NCC3(CO)CC3)C2)c1. The molecule has 0 atom stereocenters. The van der Waals surface area contributed by atoms with Crippen molar-refractivity contribution in [1.82, 2.24) is 5.32 Å². The van der Waals surface area contributed by atoms with E-state index < -0.39 is 0 Å². The maximum Gasteiger partial charge on any atom is 0.119 e. The zero-order chi connectivity index (χ0) is 13.3. The molecule has 0 unspecified atom stereocenters. The summed E-state index contributed by atoms with van der Waals surface area (Å²) >= 11 is 0. The van der Waals surface area contributed by atoms with Gasteiger partial charge in [-0.1, -0.05) is 12.1 Å². The lowest BCUT2D eigenvalue weighted by atomic mass is 9.75. The predicted octanol–water partition coefficient (Wildman–Crippen LogP) is 2.30. The second-order valence-corrected chi connectivity index (χ2v) is 6.18. The first-order valence-corrected chi connectivity index (χ1v) is 7.23. The Morgan fingerprint density at radius 2 is 2.16 bits per heavy atom. The molecular formula is C16H23NO2. The number of hydrogen-bond donors (Lipinski definition) is 2. The zero-order valence-electron chi connectivity index (χ0n) is 11.6. The fourth-order valence-electron chi connectivity index (χ4n) is 2.88. The van der Waals surface area contributed by atoms with Crippen LogP contribution in [0.4, 0.5) is 0 Å². The molecule has 0 bridgehead atoms. The monoisotopic (exact) mass is 261 g/mol. The molecule has 104 valence electrons. The number of rotatable bonds is 6. The molecule has 2 N–H and O–H groups in total. The van der Waals surface area contributed by atoms with E-state index in [1.807, 2.05) is 6.07 Å². The first-order valence-electron chi connectivity index (χ1n) is 7.23. The minimum absolute atomic E-state index is 0.223. The van der Waals surface area contributed by atoms with Gasteiger partial charge >= 0.3 is 0 Å². The summed E-state index contributed by atoms with van der Waals surface area (Å²) in [6.45, 7) is 1.32. The van der Waals surface area contributed by atoms with Crippen molar-refractivity contribution in [1.29, 1.82) is 0 Å². The van der Waals surface area contributed by atoms with Crippen LogP contribution in [0.15, 0.2) is 24.3 Å². The third kappa shape index (κ3) is 2.77. The van der Waals surface area contributed by atoms with Gasteiger partial charge in [0.05, 0.1) is 7.11 Å². The second kappa shape index (κ2) is 5.14. The van der Waals surface area contributed by atoms with Crippen LogP contribution >= 0.6 is 0 Å². The Bertz CT molecular complexity index is 436. The van der Waals surface area contributed by atoms with Crippen molar-refractivity contribution < 1.29 is 9.84 Å². The summed E-state index contributed by atoms with van der Waals surface area (Å²) in [5, 5.41) is 12.9. The Balaban J connectivity index is 1.47. The lowest BCUT2D eigenvalue weighted by Crippen LogP contribution is -2.43. The van der Waals surface area contributed by atoms with E-state index >= 15 is 0 Å². The molecule has 2 fully saturated rings. The van der Waals surface area contributed by atoms with Crippen LogP contribution in [-0.2, 0) is 0 Å². The minimum atomic E-state index is 0.223. The highest BCUT2D eigenvalue weighted by atomic mass is 16.5. The lowest BCUT2D eigenvalue weighted by molar-refractivity contribution is 0.190. The van der Waals surface area contributed by atoms with Crippen LogP contribution in [0.3, 0.4) is 0 Å². The third-order valence-corrected chi connectivity index (χ3v) is 4.76. The van der Waals surface area contributed by atoms with E-state index in [-0.39, 0.29) is 5.41 Å². The van der Waals surface area contributed by atoms with Gasteiger partial charge in [0.2, 0.25) is 0 Å². The molecule has 0 radical (unpaired) electrons. The van der Waals surface area contributed by atoms with Gasteiger partial charge in [0, 0.05) is 24.6 Å². The van der Waals surface area contributed by atoms with E-state index in [1.165, 1.54) is 31.2 Å². The highest BCUT2D eigenvalue weighted by Gasteiger charge is 2.42. The van der Waals surface area contributed by atoms with Crippen LogP contribution in [0, 0.1) is 5.41 Å². The topological polar surface area (TPSA) is 41.5 Å². The van der Waals surface area contributed by atoms with E-state index in [1.54, 1.807) is 7.11 Å². The summed E-state index contributed by atoms with van der Waals surface area (Å²) in [4.78, 5) is 0. The van der Waals surface area contributed by atoms with Crippen LogP contribution in [0.5, 0.6) is 5.75 Å². The molecule has 0 amide bonds. The van der Waals surface area contributed by atoms with Gasteiger partial charge in [-0.25, -0.2) is 0 Å². The van der Waals surface area contributed by atoms with Crippen molar-refractivity contribution in [2.24, 2.45) is 5.41 Å². The molecule has 3 nitrogen and oxygen atoms in total. The molecule has 0 spiro atoms. The number of nitrogens with one attached hydrogen (secondary N) is 1. The Hall–Kier alpha value is -1.06. The Kier molecular flexibility index (Phi) is 3.50. The Morgan fingerprint density at radius 3 is 2.79 bits per heavy atom. The molecule has 3 heteroatoms. The Labute approximate surface area is 115 Å². The normalized spacial score (nSPS) is 27.7. The van der Waals surface area contributed by atoms with Crippen LogP contribution in [0.2, 0.25) is 0 Å². The molecule has 0 heterocycles. The molecular weight excluding hydrogens is 238 g/mol. The van der Waals surface area contributed by atoms with Crippen molar-refractivity contribution in [3.8, 4) is 5.75 Å². The molecule has 0 saturated heterocycles. The first-order chi connectivity index (χ1) is 9.24. The van der Waals surface area contributed by atoms with E-state index in [9.17, 15) is 5.11 Å². The van der Waals surface area contributed by atoms with E-state index in [4.69, 9.17) is 4.74 Å². The highest BCUT2D eigenvalue weighted by Crippen LogP contribution is 2.45. The van der Waals surface area contributed by atoms with E-state index in [0.29, 0.717) is 18.6 Å². The molecule has 1 aromatic rings. The van der Waals surface area contributed by atoms with Gasteiger partial charge in [-0.15, -0.1) is 0 Å². The molecule has 2 aliphatic carbocycles. The standard InChI is InChI=1S/C16H23NO2/c1-19-15-4-2-3-12(9-15)13-7-14(8-13)17-10-16(11-18)5-6-16/h2-4,9,13-14,17-18H,5-8,10-11H2,1H3. The predicted molar refractivity (Wildman–Crippen MR) is 75.5 cm³/mol. The summed E-state index contributed by atoms with van der Waals surface area (Å²) in [5.74, 6) is 1.61. The molecule has 1 aromatic carbocycles. The fourth-order valence-corrected chi connectivity index (χ4v) is 2.88. The minimum Gasteiger partial charge on any atom is -0.497 e. The van der Waals surface area contributed by atoms with Crippen molar-refractivity contribution in [2.75, 3.05) is 20.3 Å². The van der Waals surface area contributed by atoms with E-state index in [2.05, 4.69) is 23.5 Å². The lowest BCUT2D eigenvalue weighted by Gasteiger charge is -2.37. The highest BCUT2D eigenvalue weighted by molar-refractivity contribution is 5.32. The summed E-state index contributed by atoms with van der Waals surface area (Å²) in [5.41, 5.74) is 1.61. The fraction of sp³-hybridized carbons (Fsp3) is 0.625. The summed E-state index contributed by atoms with van der Waals surface area (Å²) < 4.78 is 5.27. The van der Waals surface area contributed by atoms with Gasteiger partial charge in [0.1, 0.15) is 5.75 Å². The molecule has 0 aliphatic heterocycles. The van der Waals surface area contributed by atoms with E-state index in [0.717, 1.165) is 12.3 Å².